The standard InChI is InChI=1S/C24H29N3O3S/c1-15(2)18-11-7-9-16(3)21(18)26-22(29)17(4)31-24-25-20-12-6-5-10-19(20)23(30)27(24)13-8-14-28/h5-7,9-12,15,17,28H,8,13-14H2,1-4H3,(H,26,29). The van der Waals surface area contributed by atoms with E-state index in [0.29, 0.717) is 29.0 Å². The maximum atomic E-state index is 13.0. The lowest BCUT2D eigenvalue weighted by molar-refractivity contribution is -0.115. The van der Waals surface area contributed by atoms with Crippen LogP contribution in [0.2, 0.25) is 0 Å². The number of thioether (sulfide) groups is 1. The molecule has 7 heteroatoms. The Morgan fingerprint density at radius 1 is 1.16 bits per heavy atom. The van der Waals surface area contributed by atoms with E-state index in [1.54, 1.807) is 22.8 Å². The zero-order valence-corrected chi connectivity index (χ0v) is 19.2. The smallest absolute Gasteiger partial charge is 0.262 e. The van der Waals surface area contributed by atoms with Crippen molar-refractivity contribution in [2.45, 2.75) is 57.0 Å². The molecule has 1 atom stereocenters. The monoisotopic (exact) mass is 439 g/mol. The molecule has 0 radical (unpaired) electrons. The third kappa shape index (κ3) is 5.17. The van der Waals surface area contributed by atoms with E-state index < -0.39 is 5.25 Å². The number of aliphatic hydroxyl groups is 1. The van der Waals surface area contributed by atoms with Gasteiger partial charge in [0.15, 0.2) is 5.16 Å². The normalized spacial score (nSPS) is 12.3. The Morgan fingerprint density at radius 2 is 1.90 bits per heavy atom. The molecule has 3 rings (SSSR count). The van der Waals surface area contributed by atoms with Gasteiger partial charge in [0.2, 0.25) is 5.91 Å². The first-order valence-corrected chi connectivity index (χ1v) is 11.4. The summed E-state index contributed by atoms with van der Waals surface area (Å²) in [4.78, 5) is 30.7. The third-order valence-corrected chi connectivity index (χ3v) is 6.28. The molecule has 0 aliphatic rings. The summed E-state index contributed by atoms with van der Waals surface area (Å²) in [6.45, 7) is 8.31. The van der Waals surface area contributed by atoms with Crippen LogP contribution in [0.1, 0.15) is 44.2 Å². The van der Waals surface area contributed by atoms with Crippen LogP contribution >= 0.6 is 11.8 Å². The fourth-order valence-electron chi connectivity index (χ4n) is 3.44. The van der Waals surface area contributed by atoms with Gasteiger partial charge in [0.1, 0.15) is 0 Å². The van der Waals surface area contributed by atoms with Crippen LogP contribution in [-0.2, 0) is 11.3 Å². The number of benzene rings is 2. The number of aryl methyl sites for hydroxylation is 1. The number of aromatic nitrogens is 2. The summed E-state index contributed by atoms with van der Waals surface area (Å²) in [6, 6.07) is 13.2. The number of amides is 1. The number of para-hydroxylation sites is 2. The van der Waals surface area contributed by atoms with Gasteiger partial charge >= 0.3 is 0 Å². The van der Waals surface area contributed by atoms with Crippen LogP contribution in [0.15, 0.2) is 52.4 Å². The number of carbonyl (C=O) groups is 1. The first-order valence-electron chi connectivity index (χ1n) is 10.5. The van der Waals surface area contributed by atoms with Crippen LogP contribution in [0.4, 0.5) is 5.69 Å². The van der Waals surface area contributed by atoms with Crippen molar-refractivity contribution in [3.8, 4) is 0 Å². The van der Waals surface area contributed by atoms with Gasteiger partial charge in [-0.3, -0.25) is 14.2 Å². The van der Waals surface area contributed by atoms with E-state index in [-0.39, 0.29) is 24.0 Å². The molecule has 0 saturated carbocycles. The molecule has 0 spiro atoms. The number of carbonyl (C=O) groups excluding carboxylic acids is 1. The number of hydrogen-bond acceptors (Lipinski definition) is 5. The van der Waals surface area contributed by atoms with E-state index in [0.717, 1.165) is 16.8 Å². The van der Waals surface area contributed by atoms with Crippen molar-refractivity contribution in [2.24, 2.45) is 0 Å². The van der Waals surface area contributed by atoms with Crippen molar-refractivity contribution in [1.29, 1.82) is 0 Å². The molecule has 0 aliphatic carbocycles. The summed E-state index contributed by atoms with van der Waals surface area (Å²) in [5.41, 5.74) is 3.40. The number of aliphatic hydroxyl groups excluding tert-OH is 1. The quantitative estimate of drug-likeness (QED) is 0.403. The lowest BCUT2D eigenvalue weighted by Gasteiger charge is -2.19. The van der Waals surface area contributed by atoms with Gasteiger partial charge < -0.3 is 10.4 Å². The van der Waals surface area contributed by atoms with Crippen molar-refractivity contribution in [3.05, 3.63) is 63.9 Å². The highest BCUT2D eigenvalue weighted by molar-refractivity contribution is 8.00. The number of nitrogens with one attached hydrogen (secondary N) is 1. The van der Waals surface area contributed by atoms with Crippen LogP contribution in [0.3, 0.4) is 0 Å². The second-order valence-electron chi connectivity index (χ2n) is 7.89. The van der Waals surface area contributed by atoms with Gasteiger partial charge in [-0.2, -0.15) is 0 Å². The lowest BCUT2D eigenvalue weighted by Crippen LogP contribution is -2.27. The molecule has 1 heterocycles. The van der Waals surface area contributed by atoms with Crippen LogP contribution in [0.25, 0.3) is 10.9 Å². The molecular weight excluding hydrogens is 410 g/mol. The Balaban J connectivity index is 1.90. The van der Waals surface area contributed by atoms with E-state index >= 15 is 0 Å². The predicted molar refractivity (Wildman–Crippen MR) is 127 cm³/mol. The summed E-state index contributed by atoms with van der Waals surface area (Å²) in [5.74, 6) is 0.140. The minimum Gasteiger partial charge on any atom is -0.396 e. The highest BCUT2D eigenvalue weighted by Crippen LogP contribution is 2.29. The second-order valence-corrected chi connectivity index (χ2v) is 9.20. The molecule has 3 aromatic rings. The van der Waals surface area contributed by atoms with Gasteiger partial charge in [0.05, 0.1) is 16.2 Å². The van der Waals surface area contributed by atoms with E-state index in [4.69, 9.17) is 0 Å². The SMILES string of the molecule is Cc1cccc(C(C)C)c1NC(=O)C(C)Sc1nc2ccccc2c(=O)n1CCCO. The molecule has 0 fully saturated rings. The molecule has 0 bridgehead atoms. The van der Waals surface area contributed by atoms with Gasteiger partial charge in [-0.15, -0.1) is 0 Å². The van der Waals surface area contributed by atoms with Crippen molar-refractivity contribution in [2.75, 3.05) is 11.9 Å². The topological polar surface area (TPSA) is 84.2 Å². The molecule has 1 amide bonds. The molecule has 164 valence electrons. The maximum Gasteiger partial charge on any atom is 0.262 e. The Labute approximate surface area is 186 Å². The van der Waals surface area contributed by atoms with Gasteiger partial charge in [0.25, 0.3) is 5.56 Å². The Morgan fingerprint density at radius 3 is 2.61 bits per heavy atom. The maximum absolute atomic E-state index is 13.0. The molecule has 0 aliphatic heterocycles. The van der Waals surface area contributed by atoms with Crippen molar-refractivity contribution in [3.63, 3.8) is 0 Å². The number of anilines is 1. The van der Waals surface area contributed by atoms with Gasteiger partial charge in [-0.1, -0.05) is 55.9 Å². The average molecular weight is 440 g/mol. The molecular formula is C24H29N3O3S. The summed E-state index contributed by atoms with van der Waals surface area (Å²) < 4.78 is 1.56. The highest BCUT2D eigenvalue weighted by Gasteiger charge is 2.21. The number of nitrogens with zero attached hydrogens (tertiary/aromatic N) is 2. The average Bonchev–Trinajstić information content (AvgIpc) is 2.74. The summed E-state index contributed by atoms with van der Waals surface area (Å²) in [6.07, 6.45) is 0.440. The summed E-state index contributed by atoms with van der Waals surface area (Å²) >= 11 is 1.26. The molecule has 2 N–H and O–H groups in total. The predicted octanol–water partition coefficient (Wildman–Crippen LogP) is 4.33. The Bertz CT molecular complexity index is 1140. The minimum atomic E-state index is -0.465. The van der Waals surface area contributed by atoms with E-state index in [1.165, 1.54) is 11.8 Å². The first kappa shape index (κ1) is 23.0. The summed E-state index contributed by atoms with van der Waals surface area (Å²) in [5, 5.41) is 12.9. The van der Waals surface area contributed by atoms with Gasteiger partial charge in [0, 0.05) is 18.8 Å². The summed E-state index contributed by atoms with van der Waals surface area (Å²) in [7, 11) is 0. The van der Waals surface area contributed by atoms with Crippen LogP contribution in [-0.4, -0.2) is 32.4 Å². The third-order valence-electron chi connectivity index (χ3n) is 5.19. The first-order chi connectivity index (χ1) is 14.8. The molecule has 31 heavy (non-hydrogen) atoms. The molecule has 6 nitrogen and oxygen atoms in total. The molecule has 1 unspecified atom stereocenters. The van der Waals surface area contributed by atoms with Gasteiger partial charge in [-0.05, 0) is 49.4 Å². The molecule has 1 aromatic heterocycles. The Hall–Kier alpha value is -2.64. The number of rotatable bonds is 8. The largest absolute Gasteiger partial charge is 0.396 e. The van der Waals surface area contributed by atoms with Crippen LogP contribution in [0, 0.1) is 6.92 Å². The lowest BCUT2D eigenvalue weighted by atomic mass is 9.98. The van der Waals surface area contributed by atoms with Crippen LogP contribution < -0.4 is 10.9 Å². The fraction of sp³-hybridized carbons (Fsp3) is 0.375. The van der Waals surface area contributed by atoms with Crippen LogP contribution in [0.5, 0.6) is 0 Å². The van der Waals surface area contributed by atoms with Crippen molar-refractivity contribution < 1.29 is 9.90 Å². The minimum absolute atomic E-state index is 0.0231. The van der Waals surface area contributed by atoms with E-state index in [2.05, 4.69) is 24.1 Å². The zero-order valence-electron chi connectivity index (χ0n) is 18.4. The highest BCUT2D eigenvalue weighted by atomic mass is 32.2. The van der Waals surface area contributed by atoms with Crippen molar-refractivity contribution >= 4 is 34.3 Å². The second kappa shape index (κ2) is 10.1. The van der Waals surface area contributed by atoms with Crippen molar-refractivity contribution in [1.82, 2.24) is 9.55 Å². The molecule has 2 aromatic carbocycles. The number of hydrogen-bond donors (Lipinski definition) is 2. The fourth-order valence-corrected chi connectivity index (χ4v) is 4.38. The Kier molecular flexibility index (Phi) is 7.51. The zero-order chi connectivity index (χ0) is 22.5. The number of fused-ring (bicyclic) bond motifs is 1. The van der Waals surface area contributed by atoms with E-state index in [9.17, 15) is 14.7 Å². The molecule has 0 saturated heterocycles. The van der Waals surface area contributed by atoms with E-state index in [1.807, 2.05) is 38.1 Å². The van der Waals surface area contributed by atoms with Gasteiger partial charge in [-0.25, -0.2) is 4.98 Å².